The van der Waals surface area contributed by atoms with E-state index >= 15 is 0 Å². The summed E-state index contributed by atoms with van der Waals surface area (Å²) in [6, 6.07) is 5.73. The summed E-state index contributed by atoms with van der Waals surface area (Å²) < 4.78 is 0.961. The molecule has 0 saturated carbocycles. The van der Waals surface area contributed by atoms with E-state index in [-0.39, 0.29) is 0 Å². The maximum Gasteiger partial charge on any atom is 0.161 e. The fraction of sp³-hybridized carbons (Fsp3) is 0.500. The highest BCUT2D eigenvalue weighted by atomic mass is 79.9. The maximum atomic E-state index is 5.94. The van der Waals surface area contributed by atoms with Crippen molar-refractivity contribution in [3.05, 3.63) is 27.7 Å². The van der Waals surface area contributed by atoms with Gasteiger partial charge in [0, 0.05) is 14.7 Å². The van der Waals surface area contributed by atoms with Crippen molar-refractivity contribution < 1.29 is 0 Å². The third-order valence-corrected chi connectivity index (χ3v) is 4.72. The van der Waals surface area contributed by atoms with Crippen LogP contribution in [0, 0.1) is 5.41 Å². The molecule has 0 fully saturated rings. The average molecular weight is 362 g/mol. The van der Waals surface area contributed by atoms with Gasteiger partial charge in [-0.15, -0.1) is 0 Å². The van der Waals surface area contributed by atoms with Crippen molar-refractivity contribution in [3.8, 4) is 0 Å². The number of benzene rings is 1. The van der Waals surface area contributed by atoms with E-state index in [1.165, 1.54) is 6.42 Å². The van der Waals surface area contributed by atoms with Crippen molar-refractivity contribution >= 4 is 50.1 Å². The molecule has 5 heteroatoms. The second-order valence-electron chi connectivity index (χ2n) is 5.90. The monoisotopic (exact) mass is 360 g/mol. The molecule has 19 heavy (non-hydrogen) atoms. The lowest BCUT2D eigenvalue weighted by Gasteiger charge is -2.21. The predicted octanol–water partition coefficient (Wildman–Crippen LogP) is 5.42. The van der Waals surface area contributed by atoms with Crippen LogP contribution in [-0.4, -0.2) is 17.0 Å². The van der Waals surface area contributed by atoms with E-state index in [2.05, 4.69) is 47.0 Å². The molecule has 1 atom stereocenters. The minimum atomic E-state index is 0.351. The molecule has 0 saturated heterocycles. The van der Waals surface area contributed by atoms with Crippen LogP contribution >= 0.6 is 39.3 Å². The molecule has 1 aromatic carbocycles. The number of nitrogens with one attached hydrogen (secondary N) is 1. The first-order chi connectivity index (χ1) is 8.83. The minimum absolute atomic E-state index is 0.351. The zero-order chi connectivity index (χ0) is 14.0. The number of hydrogen-bond acceptors (Lipinski definition) is 3. The zero-order valence-corrected chi connectivity index (χ0v) is 14.5. The molecule has 104 valence electrons. The van der Waals surface area contributed by atoms with Crippen molar-refractivity contribution in [2.45, 2.75) is 32.4 Å². The Morgan fingerprint density at radius 2 is 2.21 bits per heavy atom. The van der Waals surface area contributed by atoms with E-state index in [0.717, 1.165) is 26.9 Å². The highest BCUT2D eigenvalue weighted by Gasteiger charge is 2.25. The molecule has 1 unspecified atom stereocenters. The van der Waals surface area contributed by atoms with Gasteiger partial charge in [0.2, 0.25) is 0 Å². The van der Waals surface area contributed by atoms with Crippen LogP contribution < -0.4 is 5.32 Å². The predicted molar refractivity (Wildman–Crippen MR) is 90.5 cm³/mol. The van der Waals surface area contributed by atoms with Crippen molar-refractivity contribution in [2.75, 3.05) is 11.9 Å². The molecular weight excluding hydrogens is 344 g/mol. The molecule has 2 rings (SSSR count). The van der Waals surface area contributed by atoms with E-state index in [0.29, 0.717) is 10.7 Å². The molecule has 1 aromatic rings. The topological polar surface area (TPSA) is 24.4 Å². The quantitative estimate of drug-likeness (QED) is 0.760. The van der Waals surface area contributed by atoms with Crippen LogP contribution in [0.1, 0.15) is 27.2 Å². The lowest BCUT2D eigenvalue weighted by molar-refractivity contribution is 0.375. The Kier molecular flexibility index (Phi) is 4.85. The molecule has 0 amide bonds. The molecule has 0 radical (unpaired) electrons. The largest absolute Gasteiger partial charge is 0.334 e. The van der Waals surface area contributed by atoms with E-state index < -0.39 is 0 Å². The number of aliphatic imine (C=N–C) groups is 1. The van der Waals surface area contributed by atoms with Gasteiger partial charge in [-0.2, -0.15) is 0 Å². The van der Waals surface area contributed by atoms with Crippen LogP contribution in [0.5, 0.6) is 0 Å². The van der Waals surface area contributed by atoms with Gasteiger partial charge in [0.05, 0.1) is 12.2 Å². The van der Waals surface area contributed by atoms with Gasteiger partial charge in [0.25, 0.3) is 0 Å². The highest BCUT2D eigenvalue weighted by molar-refractivity contribution is 9.10. The van der Waals surface area contributed by atoms with Gasteiger partial charge in [-0.25, -0.2) is 0 Å². The highest BCUT2D eigenvalue weighted by Crippen LogP contribution is 2.33. The fourth-order valence-electron chi connectivity index (χ4n) is 1.98. The summed E-state index contributed by atoms with van der Waals surface area (Å²) in [5, 5.41) is 5.66. The number of anilines is 1. The van der Waals surface area contributed by atoms with Crippen LogP contribution in [0.2, 0.25) is 5.02 Å². The van der Waals surface area contributed by atoms with Crippen molar-refractivity contribution in [1.82, 2.24) is 0 Å². The number of hydrogen-bond donors (Lipinski definition) is 1. The Balaban J connectivity index is 1.95. The van der Waals surface area contributed by atoms with Crippen LogP contribution in [0.15, 0.2) is 27.7 Å². The average Bonchev–Trinajstić information content (AvgIpc) is 2.67. The first kappa shape index (κ1) is 15.2. The van der Waals surface area contributed by atoms with Crippen LogP contribution in [0.25, 0.3) is 0 Å². The van der Waals surface area contributed by atoms with Gasteiger partial charge in [-0.05, 0) is 46.0 Å². The third-order valence-electron chi connectivity index (χ3n) is 2.73. The standard InChI is InChI=1S/C14H18BrClN2S/c1-14(2,3)7-10-8-17-13(19-10)18-12-5-4-9(16)6-11(12)15/h4-6,10H,7-8H2,1-3H3,(H,17,18). The van der Waals surface area contributed by atoms with Gasteiger partial charge >= 0.3 is 0 Å². The fourth-order valence-corrected chi connectivity index (χ4v) is 4.13. The van der Waals surface area contributed by atoms with Crippen molar-refractivity contribution in [3.63, 3.8) is 0 Å². The Hall–Kier alpha value is -0.190. The number of halogens is 2. The lowest BCUT2D eigenvalue weighted by Crippen LogP contribution is -2.16. The molecule has 0 spiro atoms. The second kappa shape index (κ2) is 6.06. The smallest absolute Gasteiger partial charge is 0.161 e. The van der Waals surface area contributed by atoms with E-state index in [9.17, 15) is 0 Å². The molecule has 1 aliphatic heterocycles. The van der Waals surface area contributed by atoms with Gasteiger partial charge in [-0.1, -0.05) is 44.1 Å². The summed E-state index contributed by atoms with van der Waals surface area (Å²) in [6.07, 6.45) is 1.17. The Bertz CT molecular complexity index is 497. The molecule has 1 N–H and O–H groups in total. The van der Waals surface area contributed by atoms with Crippen LogP contribution in [0.4, 0.5) is 5.69 Å². The van der Waals surface area contributed by atoms with Crippen molar-refractivity contribution in [2.24, 2.45) is 10.4 Å². The SMILES string of the molecule is CC(C)(C)CC1CN=C(Nc2ccc(Cl)cc2Br)S1. The molecule has 1 heterocycles. The van der Waals surface area contributed by atoms with E-state index in [1.54, 1.807) is 0 Å². The molecule has 0 aliphatic carbocycles. The molecular formula is C14H18BrClN2S. The van der Waals surface area contributed by atoms with Gasteiger partial charge in [0.15, 0.2) is 5.17 Å². The normalized spacial score (nSPS) is 19.4. The number of rotatable bonds is 2. The first-order valence-corrected chi connectivity index (χ1v) is 8.32. The Labute approximate surface area is 132 Å². The summed E-state index contributed by atoms with van der Waals surface area (Å²) in [7, 11) is 0. The van der Waals surface area contributed by atoms with Gasteiger partial charge in [0.1, 0.15) is 0 Å². The number of thioether (sulfide) groups is 1. The summed E-state index contributed by atoms with van der Waals surface area (Å²) in [6.45, 7) is 7.72. The van der Waals surface area contributed by atoms with Gasteiger partial charge < -0.3 is 5.32 Å². The molecule has 0 bridgehead atoms. The molecule has 2 nitrogen and oxygen atoms in total. The molecule has 0 aromatic heterocycles. The molecule has 1 aliphatic rings. The lowest BCUT2D eigenvalue weighted by atomic mass is 9.90. The Morgan fingerprint density at radius 3 is 2.84 bits per heavy atom. The van der Waals surface area contributed by atoms with E-state index in [4.69, 9.17) is 11.6 Å². The number of amidine groups is 1. The van der Waals surface area contributed by atoms with Crippen LogP contribution in [0.3, 0.4) is 0 Å². The maximum absolute atomic E-state index is 5.94. The third kappa shape index (κ3) is 4.69. The summed E-state index contributed by atoms with van der Waals surface area (Å²) in [5.74, 6) is 0. The van der Waals surface area contributed by atoms with E-state index in [1.807, 2.05) is 30.0 Å². The first-order valence-electron chi connectivity index (χ1n) is 6.27. The van der Waals surface area contributed by atoms with Crippen LogP contribution in [-0.2, 0) is 0 Å². The number of nitrogens with zero attached hydrogens (tertiary/aromatic N) is 1. The summed E-state index contributed by atoms with van der Waals surface area (Å²) >= 11 is 11.3. The Morgan fingerprint density at radius 1 is 1.47 bits per heavy atom. The second-order valence-corrected chi connectivity index (χ2v) is 8.48. The van der Waals surface area contributed by atoms with Gasteiger partial charge in [-0.3, -0.25) is 4.99 Å². The summed E-state index contributed by atoms with van der Waals surface area (Å²) in [4.78, 5) is 4.57. The summed E-state index contributed by atoms with van der Waals surface area (Å²) in [5.41, 5.74) is 1.36. The minimum Gasteiger partial charge on any atom is -0.334 e. The zero-order valence-electron chi connectivity index (χ0n) is 11.3. The van der Waals surface area contributed by atoms with Crippen molar-refractivity contribution in [1.29, 1.82) is 0 Å².